The Morgan fingerprint density at radius 3 is 2.64 bits per heavy atom. The van der Waals surface area contributed by atoms with Gasteiger partial charge in [-0.25, -0.2) is 13.6 Å². The number of sulfonamides is 1. The molecule has 6 nitrogen and oxygen atoms in total. The van der Waals surface area contributed by atoms with Gasteiger partial charge in [0.15, 0.2) is 0 Å². The Balaban J connectivity index is 0.00000242. The second-order valence-corrected chi connectivity index (χ2v) is 6.82. The van der Waals surface area contributed by atoms with Crippen molar-refractivity contribution >= 4 is 22.4 Å². The predicted molar refractivity (Wildman–Crippen MR) is 89.1 cm³/mol. The van der Waals surface area contributed by atoms with Crippen molar-refractivity contribution in [3.8, 4) is 5.75 Å². The van der Waals surface area contributed by atoms with Gasteiger partial charge < -0.3 is 10.1 Å². The van der Waals surface area contributed by atoms with Gasteiger partial charge in [-0.3, -0.25) is 4.90 Å². The molecule has 1 unspecified atom stereocenters. The molecule has 1 aromatic rings. The molecule has 2 rings (SSSR count). The van der Waals surface area contributed by atoms with Crippen molar-refractivity contribution in [1.82, 2.24) is 10.2 Å². The topological polar surface area (TPSA) is 84.7 Å². The van der Waals surface area contributed by atoms with Crippen LogP contribution in [0.2, 0.25) is 0 Å². The highest BCUT2D eigenvalue weighted by molar-refractivity contribution is 7.89. The predicted octanol–water partition coefficient (Wildman–Crippen LogP) is 0.818. The van der Waals surface area contributed by atoms with Gasteiger partial charge in [0, 0.05) is 19.1 Å². The number of rotatable bonds is 7. The van der Waals surface area contributed by atoms with E-state index in [0.717, 1.165) is 19.6 Å². The second-order valence-electron chi connectivity index (χ2n) is 5.25. The van der Waals surface area contributed by atoms with Crippen molar-refractivity contribution in [3.05, 3.63) is 24.3 Å². The molecule has 1 aromatic carbocycles. The second kappa shape index (κ2) is 8.69. The zero-order valence-corrected chi connectivity index (χ0v) is 14.3. The average Bonchev–Trinajstić information content (AvgIpc) is 2.86. The number of ether oxygens (including phenoxy) is 1. The summed E-state index contributed by atoms with van der Waals surface area (Å²) >= 11 is 0. The van der Waals surface area contributed by atoms with Crippen LogP contribution in [-0.2, 0) is 10.0 Å². The number of nitrogens with one attached hydrogen (secondary N) is 1. The van der Waals surface area contributed by atoms with Crippen molar-refractivity contribution in [2.45, 2.75) is 23.8 Å². The molecule has 0 radical (unpaired) electrons. The van der Waals surface area contributed by atoms with Crippen LogP contribution < -0.4 is 15.2 Å². The molecule has 0 aliphatic carbocycles. The number of nitrogens with zero attached hydrogens (tertiary/aromatic N) is 1. The lowest BCUT2D eigenvalue weighted by Gasteiger charge is -2.24. The molecular weight excluding hydrogens is 326 g/mol. The Morgan fingerprint density at radius 1 is 1.36 bits per heavy atom. The first kappa shape index (κ1) is 19.2. The molecule has 0 bridgehead atoms. The molecular formula is C14H24ClN3O3S. The van der Waals surface area contributed by atoms with Crippen LogP contribution in [0.15, 0.2) is 29.2 Å². The number of likely N-dealkylation sites (tertiary alicyclic amines) is 1. The lowest BCUT2D eigenvalue weighted by molar-refractivity contribution is 0.195. The lowest BCUT2D eigenvalue weighted by atomic mass is 10.2. The molecule has 0 spiro atoms. The van der Waals surface area contributed by atoms with E-state index in [0.29, 0.717) is 18.4 Å². The number of hydrogen-bond acceptors (Lipinski definition) is 5. The Hall–Kier alpha value is -0.860. The minimum atomic E-state index is -3.64. The molecule has 0 amide bonds. The first-order chi connectivity index (χ1) is 10.0. The molecule has 1 saturated heterocycles. The van der Waals surface area contributed by atoms with Gasteiger partial charge in [-0.1, -0.05) is 0 Å². The van der Waals surface area contributed by atoms with E-state index in [9.17, 15) is 8.42 Å². The summed E-state index contributed by atoms with van der Waals surface area (Å²) in [5.74, 6) is 0.659. The van der Waals surface area contributed by atoms with E-state index >= 15 is 0 Å². The van der Waals surface area contributed by atoms with E-state index in [1.54, 1.807) is 12.1 Å². The van der Waals surface area contributed by atoms with Crippen molar-refractivity contribution < 1.29 is 13.2 Å². The smallest absolute Gasteiger partial charge is 0.238 e. The van der Waals surface area contributed by atoms with Gasteiger partial charge >= 0.3 is 0 Å². The van der Waals surface area contributed by atoms with Crippen LogP contribution in [0, 0.1) is 0 Å². The Morgan fingerprint density at radius 2 is 2.05 bits per heavy atom. The highest BCUT2D eigenvalue weighted by Gasteiger charge is 2.23. The summed E-state index contributed by atoms with van der Waals surface area (Å²) in [6, 6.07) is 6.78. The molecule has 1 fully saturated rings. The maximum Gasteiger partial charge on any atom is 0.238 e. The quantitative estimate of drug-likeness (QED) is 0.761. The molecule has 1 aliphatic heterocycles. The van der Waals surface area contributed by atoms with Gasteiger partial charge in [0.25, 0.3) is 0 Å². The third-order valence-electron chi connectivity index (χ3n) is 3.74. The average molecular weight is 350 g/mol. The first-order valence-corrected chi connectivity index (χ1v) is 8.69. The molecule has 126 valence electrons. The molecule has 8 heteroatoms. The molecule has 3 N–H and O–H groups in total. The Bertz CT molecular complexity index is 551. The van der Waals surface area contributed by atoms with E-state index in [-0.39, 0.29) is 17.3 Å². The highest BCUT2D eigenvalue weighted by Crippen LogP contribution is 2.17. The Kier molecular flexibility index (Phi) is 7.58. The third kappa shape index (κ3) is 5.40. The molecule has 22 heavy (non-hydrogen) atoms. The summed E-state index contributed by atoms with van der Waals surface area (Å²) in [7, 11) is -1.67. The molecule has 0 aromatic heterocycles. The summed E-state index contributed by atoms with van der Waals surface area (Å²) in [6.45, 7) is 3.58. The largest absolute Gasteiger partial charge is 0.492 e. The number of likely N-dealkylation sites (N-methyl/N-ethyl adjacent to an activating group) is 1. The van der Waals surface area contributed by atoms with Gasteiger partial charge in [-0.15, -0.1) is 12.4 Å². The van der Waals surface area contributed by atoms with Crippen LogP contribution in [0.3, 0.4) is 0 Å². The van der Waals surface area contributed by atoms with Crippen LogP contribution in [-0.4, -0.2) is 52.6 Å². The van der Waals surface area contributed by atoms with Crippen LogP contribution in [0.4, 0.5) is 0 Å². The first-order valence-electron chi connectivity index (χ1n) is 7.15. The van der Waals surface area contributed by atoms with E-state index < -0.39 is 10.0 Å². The highest BCUT2D eigenvalue weighted by atomic mass is 35.5. The van der Waals surface area contributed by atoms with Crippen LogP contribution >= 0.6 is 12.4 Å². The molecule has 1 aliphatic rings. The Labute approximate surface area is 138 Å². The van der Waals surface area contributed by atoms with Crippen molar-refractivity contribution in [2.24, 2.45) is 5.14 Å². The molecule has 1 atom stereocenters. The fourth-order valence-corrected chi connectivity index (χ4v) is 3.18. The normalized spacial score (nSPS) is 18.9. The van der Waals surface area contributed by atoms with E-state index in [1.165, 1.54) is 25.0 Å². The van der Waals surface area contributed by atoms with E-state index in [2.05, 4.69) is 10.2 Å². The van der Waals surface area contributed by atoms with E-state index in [1.807, 2.05) is 7.05 Å². The standard InChI is InChI=1S/C14H23N3O3S.ClH/c1-16-11-12-3-2-8-17(12)9-10-20-13-4-6-14(7-5-13)21(15,18)19;/h4-7,12,16H,2-3,8-11H2,1H3,(H2,15,18,19);1H. The SMILES string of the molecule is CNCC1CCCN1CCOc1ccc(S(N)(=O)=O)cc1.Cl. The van der Waals surface area contributed by atoms with Crippen molar-refractivity contribution in [3.63, 3.8) is 0 Å². The maximum atomic E-state index is 11.2. The third-order valence-corrected chi connectivity index (χ3v) is 4.67. The number of hydrogen-bond donors (Lipinski definition) is 2. The summed E-state index contributed by atoms with van der Waals surface area (Å²) < 4.78 is 28.0. The molecule has 1 heterocycles. The minimum absolute atomic E-state index is 0. The van der Waals surface area contributed by atoms with Gasteiger partial charge in [0.05, 0.1) is 4.90 Å². The van der Waals surface area contributed by atoms with Crippen LogP contribution in [0.25, 0.3) is 0 Å². The monoisotopic (exact) mass is 349 g/mol. The minimum Gasteiger partial charge on any atom is -0.492 e. The maximum absolute atomic E-state index is 11.2. The fourth-order valence-electron chi connectivity index (χ4n) is 2.66. The van der Waals surface area contributed by atoms with Gasteiger partial charge in [-0.05, 0) is 50.7 Å². The van der Waals surface area contributed by atoms with Gasteiger partial charge in [-0.2, -0.15) is 0 Å². The summed E-state index contributed by atoms with van der Waals surface area (Å²) in [5.41, 5.74) is 0. The fraction of sp³-hybridized carbons (Fsp3) is 0.571. The zero-order valence-electron chi connectivity index (χ0n) is 12.7. The summed E-state index contributed by atoms with van der Waals surface area (Å²) in [6.07, 6.45) is 2.46. The van der Waals surface area contributed by atoms with Crippen LogP contribution in [0.5, 0.6) is 5.75 Å². The van der Waals surface area contributed by atoms with Crippen molar-refractivity contribution in [2.75, 3.05) is 33.3 Å². The number of nitrogens with two attached hydrogens (primary N) is 1. The summed E-state index contributed by atoms with van der Waals surface area (Å²) in [4.78, 5) is 2.53. The van der Waals surface area contributed by atoms with Gasteiger partial charge in [0.2, 0.25) is 10.0 Å². The summed E-state index contributed by atoms with van der Waals surface area (Å²) in [5, 5.41) is 8.27. The number of halogens is 1. The number of primary sulfonamides is 1. The zero-order chi connectivity index (χ0) is 15.3. The van der Waals surface area contributed by atoms with Crippen molar-refractivity contribution in [1.29, 1.82) is 0 Å². The molecule has 0 saturated carbocycles. The van der Waals surface area contributed by atoms with Gasteiger partial charge in [0.1, 0.15) is 12.4 Å². The van der Waals surface area contributed by atoms with Crippen LogP contribution in [0.1, 0.15) is 12.8 Å². The number of benzene rings is 1. The lowest BCUT2D eigenvalue weighted by Crippen LogP contribution is -2.39. The van der Waals surface area contributed by atoms with E-state index in [4.69, 9.17) is 9.88 Å².